The number of para-hydroxylation sites is 1. The highest BCUT2D eigenvalue weighted by molar-refractivity contribution is 6.16. The van der Waals surface area contributed by atoms with Gasteiger partial charge in [-0.1, -0.05) is 48.5 Å². The normalized spacial score (nSPS) is 10.6. The quantitative estimate of drug-likeness (QED) is 0.642. The van der Waals surface area contributed by atoms with Crippen LogP contribution in [0.2, 0.25) is 0 Å². The average molecular weight is 221 g/mol. The summed E-state index contributed by atoms with van der Waals surface area (Å²) in [6, 6.07) is 17.5. The Labute approximate surface area is 98.6 Å². The third-order valence-corrected chi connectivity index (χ3v) is 2.77. The fraction of sp³-hybridized carbons (Fsp3) is 0. The highest BCUT2D eigenvalue weighted by atomic mass is 15.1. The summed E-state index contributed by atoms with van der Waals surface area (Å²) in [4.78, 5) is 0. The van der Waals surface area contributed by atoms with Crippen molar-refractivity contribution >= 4 is 16.6 Å². The summed E-state index contributed by atoms with van der Waals surface area (Å²) < 4.78 is 0. The van der Waals surface area contributed by atoms with Gasteiger partial charge in [0.05, 0.1) is 11.2 Å². The van der Waals surface area contributed by atoms with Crippen LogP contribution in [0.15, 0.2) is 54.6 Å². The molecule has 0 aliphatic carbocycles. The fourth-order valence-corrected chi connectivity index (χ4v) is 1.90. The standard InChI is InChI=1S/C14H11N3/c15-13(10-6-2-1-3-7-10)14-11-8-4-5-9-12(11)16-17-14/h1-9,15H,(H,16,17). The molecular weight excluding hydrogens is 210 g/mol. The molecule has 2 aromatic carbocycles. The van der Waals surface area contributed by atoms with Crippen LogP contribution in [0.25, 0.3) is 10.9 Å². The predicted octanol–water partition coefficient (Wildman–Crippen LogP) is 2.98. The molecule has 0 spiro atoms. The van der Waals surface area contributed by atoms with E-state index in [9.17, 15) is 0 Å². The highest BCUT2D eigenvalue weighted by Crippen LogP contribution is 2.18. The largest absolute Gasteiger partial charge is 0.298 e. The summed E-state index contributed by atoms with van der Waals surface area (Å²) in [7, 11) is 0. The Morgan fingerprint density at radius 2 is 1.65 bits per heavy atom. The van der Waals surface area contributed by atoms with Crippen LogP contribution in [0.3, 0.4) is 0 Å². The van der Waals surface area contributed by atoms with E-state index in [1.807, 2.05) is 54.6 Å². The molecule has 3 nitrogen and oxygen atoms in total. The number of aromatic nitrogens is 2. The van der Waals surface area contributed by atoms with Gasteiger partial charge in [-0.3, -0.25) is 10.5 Å². The van der Waals surface area contributed by atoms with E-state index < -0.39 is 0 Å². The number of hydrogen-bond acceptors (Lipinski definition) is 2. The zero-order valence-electron chi connectivity index (χ0n) is 9.14. The Morgan fingerprint density at radius 1 is 0.941 bits per heavy atom. The van der Waals surface area contributed by atoms with E-state index in [0.717, 1.165) is 16.5 Å². The van der Waals surface area contributed by atoms with E-state index in [1.165, 1.54) is 0 Å². The van der Waals surface area contributed by atoms with Crippen LogP contribution in [0.4, 0.5) is 0 Å². The molecule has 0 saturated heterocycles. The molecule has 3 heteroatoms. The fourth-order valence-electron chi connectivity index (χ4n) is 1.90. The van der Waals surface area contributed by atoms with E-state index >= 15 is 0 Å². The number of rotatable bonds is 2. The van der Waals surface area contributed by atoms with Gasteiger partial charge in [-0.05, 0) is 6.07 Å². The van der Waals surface area contributed by atoms with Crippen molar-refractivity contribution in [2.24, 2.45) is 0 Å². The molecule has 0 fully saturated rings. The second-order valence-electron chi connectivity index (χ2n) is 3.86. The van der Waals surface area contributed by atoms with E-state index in [2.05, 4.69) is 10.2 Å². The van der Waals surface area contributed by atoms with Crippen molar-refractivity contribution in [1.82, 2.24) is 10.2 Å². The van der Waals surface area contributed by atoms with Crippen LogP contribution in [0, 0.1) is 5.41 Å². The summed E-state index contributed by atoms with van der Waals surface area (Å²) >= 11 is 0. The first kappa shape index (κ1) is 9.78. The Morgan fingerprint density at radius 3 is 2.47 bits per heavy atom. The molecular formula is C14H11N3. The van der Waals surface area contributed by atoms with Gasteiger partial charge in [0.1, 0.15) is 5.69 Å². The van der Waals surface area contributed by atoms with Crippen LogP contribution in [0.5, 0.6) is 0 Å². The number of hydrogen-bond donors (Lipinski definition) is 2. The molecule has 2 N–H and O–H groups in total. The molecule has 17 heavy (non-hydrogen) atoms. The van der Waals surface area contributed by atoms with Gasteiger partial charge in [0.25, 0.3) is 0 Å². The lowest BCUT2D eigenvalue weighted by molar-refractivity contribution is 1.10. The number of benzene rings is 2. The molecule has 0 unspecified atom stereocenters. The lowest BCUT2D eigenvalue weighted by atomic mass is 10.0. The van der Waals surface area contributed by atoms with Gasteiger partial charge in [-0.2, -0.15) is 5.10 Å². The van der Waals surface area contributed by atoms with Crippen molar-refractivity contribution in [3.63, 3.8) is 0 Å². The van der Waals surface area contributed by atoms with Crippen molar-refractivity contribution in [1.29, 1.82) is 5.41 Å². The zero-order chi connectivity index (χ0) is 11.7. The van der Waals surface area contributed by atoms with Crippen LogP contribution in [-0.2, 0) is 0 Å². The lowest BCUT2D eigenvalue weighted by Crippen LogP contribution is -2.01. The van der Waals surface area contributed by atoms with Crippen LogP contribution in [-0.4, -0.2) is 15.9 Å². The van der Waals surface area contributed by atoms with Crippen LogP contribution < -0.4 is 0 Å². The third-order valence-electron chi connectivity index (χ3n) is 2.77. The number of fused-ring (bicyclic) bond motifs is 1. The monoisotopic (exact) mass is 221 g/mol. The molecule has 0 bridgehead atoms. The van der Waals surface area contributed by atoms with Gasteiger partial charge < -0.3 is 0 Å². The molecule has 0 atom stereocenters. The SMILES string of the molecule is N=C(c1ccccc1)c1n[nH]c2ccccc12. The topological polar surface area (TPSA) is 52.5 Å². The molecule has 3 aromatic rings. The molecule has 0 amide bonds. The minimum absolute atomic E-state index is 0.447. The summed E-state index contributed by atoms with van der Waals surface area (Å²) in [5.41, 5.74) is 2.99. The van der Waals surface area contributed by atoms with Crippen LogP contribution >= 0.6 is 0 Å². The first-order valence-electron chi connectivity index (χ1n) is 5.44. The van der Waals surface area contributed by atoms with E-state index in [0.29, 0.717) is 11.4 Å². The van der Waals surface area contributed by atoms with Crippen molar-refractivity contribution < 1.29 is 0 Å². The van der Waals surface area contributed by atoms with Gasteiger partial charge in [0.2, 0.25) is 0 Å². The number of nitrogens with one attached hydrogen (secondary N) is 2. The van der Waals surface area contributed by atoms with Gasteiger partial charge in [0, 0.05) is 10.9 Å². The van der Waals surface area contributed by atoms with E-state index in [1.54, 1.807) is 0 Å². The summed E-state index contributed by atoms with van der Waals surface area (Å²) in [6.07, 6.45) is 0. The first-order valence-corrected chi connectivity index (χ1v) is 5.44. The molecule has 0 aliphatic rings. The van der Waals surface area contributed by atoms with Crippen molar-refractivity contribution in [3.05, 3.63) is 65.9 Å². The number of nitrogens with zero attached hydrogens (tertiary/aromatic N) is 1. The molecule has 0 saturated carbocycles. The minimum Gasteiger partial charge on any atom is -0.298 e. The third kappa shape index (κ3) is 1.61. The van der Waals surface area contributed by atoms with Crippen molar-refractivity contribution in [2.75, 3.05) is 0 Å². The first-order chi connectivity index (χ1) is 8.36. The molecule has 1 aromatic heterocycles. The van der Waals surface area contributed by atoms with Gasteiger partial charge >= 0.3 is 0 Å². The molecule has 3 rings (SSSR count). The number of H-pyrrole nitrogens is 1. The minimum atomic E-state index is 0.447. The second-order valence-corrected chi connectivity index (χ2v) is 3.86. The predicted molar refractivity (Wildman–Crippen MR) is 68.5 cm³/mol. The zero-order valence-corrected chi connectivity index (χ0v) is 9.14. The highest BCUT2D eigenvalue weighted by Gasteiger charge is 2.11. The van der Waals surface area contributed by atoms with E-state index in [4.69, 9.17) is 5.41 Å². The molecule has 1 heterocycles. The Bertz CT molecular complexity index is 668. The van der Waals surface area contributed by atoms with Crippen molar-refractivity contribution in [3.8, 4) is 0 Å². The molecule has 0 aliphatic heterocycles. The smallest absolute Gasteiger partial charge is 0.118 e. The van der Waals surface area contributed by atoms with E-state index in [-0.39, 0.29) is 0 Å². The number of aromatic amines is 1. The Hall–Kier alpha value is -2.42. The maximum atomic E-state index is 8.19. The second kappa shape index (κ2) is 3.87. The maximum absolute atomic E-state index is 8.19. The Kier molecular flexibility index (Phi) is 2.22. The van der Waals surface area contributed by atoms with Gasteiger partial charge in [-0.25, -0.2) is 0 Å². The van der Waals surface area contributed by atoms with Crippen molar-refractivity contribution in [2.45, 2.75) is 0 Å². The average Bonchev–Trinajstić information content (AvgIpc) is 2.83. The maximum Gasteiger partial charge on any atom is 0.118 e. The summed E-state index contributed by atoms with van der Waals surface area (Å²) in [6.45, 7) is 0. The summed E-state index contributed by atoms with van der Waals surface area (Å²) in [5.74, 6) is 0. The van der Waals surface area contributed by atoms with Crippen LogP contribution in [0.1, 0.15) is 11.3 Å². The molecule has 82 valence electrons. The van der Waals surface area contributed by atoms with Gasteiger partial charge in [0.15, 0.2) is 0 Å². The summed E-state index contributed by atoms with van der Waals surface area (Å²) in [5, 5.41) is 16.3. The molecule has 0 radical (unpaired) electrons. The Balaban J connectivity index is 2.14. The lowest BCUT2D eigenvalue weighted by Gasteiger charge is -2.00. The van der Waals surface area contributed by atoms with Gasteiger partial charge in [-0.15, -0.1) is 0 Å².